The van der Waals surface area contributed by atoms with Crippen molar-refractivity contribution in [2.24, 2.45) is 5.73 Å². The Morgan fingerprint density at radius 3 is 2.67 bits per heavy atom. The summed E-state index contributed by atoms with van der Waals surface area (Å²) in [6.45, 7) is 4.84. The van der Waals surface area contributed by atoms with Gasteiger partial charge in [-0.05, 0) is 13.0 Å². The highest BCUT2D eigenvalue weighted by atomic mass is 16.5. The zero-order valence-corrected chi connectivity index (χ0v) is 10.4. The number of amides is 1. The summed E-state index contributed by atoms with van der Waals surface area (Å²) >= 11 is 0. The highest BCUT2D eigenvalue weighted by Crippen LogP contribution is 1.97. The number of rotatable bonds is 7. The maximum Gasteiger partial charge on any atom is 0.321 e. The van der Waals surface area contributed by atoms with E-state index in [2.05, 4.69) is 10.2 Å². The van der Waals surface area contributed by atoms with Crippen molar-refractivity contribution in [1.29, 1.82) is 0 Å². The van der Waals surface area contributed by atoms with Gasteiger partial charge in [-0.2, -0.15) is 0 Å². The standard InChI is InChI=1S/C11H21N3O4/c12-9(11(16)17)8-10(15)13-2-1-3-14-4-6-18-7-5-14/h9H,1-8,12H2,(H,13,15)(H,16,17). The third kappa shape index (κ3) is 5.95. The van der Waals surface area contributed by atoms with E-state index in [-0.39, 0.29) is 12.3 Å². The number of ether oxygens (including phenoxy) is 1. The average Bonchev–Trinajstić information content (AvgIpc) is 2.35. The van der Waals surface area contributed by atoms with Crippen molar-refractivity contribution in [1.82, 2.24) is 10.2 Å². The number of hydrogen-bond acceptors (Lipinski definition) is 5. The number of carboxylic acids is 1. The molecule has 1 rings (SSSR count). The Kier molecular flexibility index (Phi) is 6.63. The van der Waals surface area contributed by atoms with E-state index in [9.17, 15) is 9.59 Å². The fourth-order valence-electron chi connectivity index (χ4n) is 1.71. The molecule has 1 aliphatic heterocycles. The summed E-state index contributed by atoms with van der Waals surface area (Å²) in [5.74, 6) is -1.47. The largest absolute Gasteiger partial charge is 0.480 e. The van der Waals surface area contributed by atoms with Crippen molar-refractivity contribution in [3.8, 4) is 0 Å². The first-order valence-electron chi connectivity index (χ1n) is 6.15. The molecule has 0 bridgehead atoms. The highest BCUT2D eigenvalue weighted by molar-refractivity contribution is 5.84. The lowest BCUT2D eigenvalue weighted by atomic mass is 10.2. The van der Waals surface area contributed by atoms with Crippen molar-refractivity contribution in [3.05, 3.63) is 0 Å². The van der Waals surface area contributed by atoms with Crippen LogP contribution in [0.5, 0.6) is 0 Å². The average molecular weight is 259 g/mol. The Morgan fingerprint density at radius 2 is 2.06 bits per heavy atom. The Bertz CT molecular complexity index is 279. The smallest absolute Gasteiger partial charge is 0.321 e. The van der Waals surface area contributed by atoms with Crippen LogP contribution in [0.15, 0.2) is 0 Å². The summed E-state index contributed by atoms with van der Waals surface area (Å²) in [5.41, 5.74) is 5.26. The third-order valence-electron chi connectivity index (χ3n) is 2.80. The van der Waals surface area contributed by atoms with Gasteiger partial charge in [0.05, 0.1) is 19.6 Å². The Morgan fingerprint density at radius 1 is 1.39 bits per heavy atom. The molecular weight excluding hydrogens is 238 g/mol. The van der Waals surface area contributed by atoms with E-state index in [1.165, 1.54) is 0 Å². The molecule has 1 aliphatic rings. The van der Waals surface area contributed by atoms with Gasteiger partial charge in [-0.25, -0.2) is 0 Å². The summed E-state index contributed by atoms with van der Waals surface area (Å²) in [7, 11) is 0. The molecule has 0 aromatic carbocycles. The molecule has 1 heterocycles. The van der Waals surface area contributed by atoms with Gasteiger partial charge in [-0.15, -0.1) is 0 Å². The number of aliphatic carboxylic acids is 1. The van der Waals surface area contributed by atoms with Gasteiger partial charge in [0.15, 0.2) is 0 Å². The fraction of sp³-hybridized carbons (Fsp3) is 0.818. The molecule has 1 unspecified atom stereocenters. The molecule has 0 saturated carbocycles. The molecule has 7 nitrogen and oxygen atoms in total. The molecule has 4 N–H and O–H groups in total. The van der Waals surface area contributed by atoms with Gasteiger partial charge in [0.1, 0.15) is 6.04 Å². The van der Waals surface area contributed by atoms with E-state index in [1.54, 1.807) is 0 Å². The number of morpholine rings is 1. The van der Waals surface area contributed by atoms with E-state index in [1.807, 2.05) is 0 Å². The summed E-state index contributed by atoms with van der Waals surface area (Å²) < 4.78 is 5.23. The highest BCUT2D eigenvalue weighted by Gasteiger charge is 2.15. The first-order valence-corrected chi connectivity index (χ1v) is 6.15. The lowest BCUT2D eigenvalue weighted by Gasteiger charge is -2.26. The molecule has 7 heteroatoms. The minimum Gasteiger partial charge on any atom is -0.480 e. The summed E-state index contributed by atoms with van der Waals surface area (Å²) in [6, 6.07) is -1.12. The van der Waals surface area contributed by atoms with Crippen molar-refractivity contribution >= 4 is 11.9 Å². The molecule has 1 atom stereocenters. The first-order chi connectivity index (χ1) is 8.59. The number of carbonyl (C=O) groups excluding carboxylic acids is 1. The molecule has 0 aromatic rings. The molecule has 0 aliphatic carbocycles. The molecule has 104 valence electrons. The number of nitrogens with zero attached hydrogens (tertiary/aromatic N) is 1. The molecule has 0 aromatic heterocycles. The van der Waals surface area contributed by atoms with Crippen molar-refractivity contribution in [3.63, 3.8) is 0 Å². The summed E-state index contributed by atoms with van der Waals surface area (Å²) in [6.07, 6.45) is 0.668. The van der Waals surface area contributed by atoms with E-state index in [4.69, 9.17) is 15.6 Å². The second kappa shape index (κ2) is 8.02. The zero-order valence-electron chi connectivity index (χ0n) is 10.4. The molecule has 1 fully saturated rings. The number of nitrogens with one attached hydrogen (secondary N) is 1. The lowest BCUT2D eigenvalue weighted by molar-refractivity contribution is -0.140. The van der Waals surface area contributed by atoms with Gasteiger partial charge in [-0.3, -0.25) is 14.5 Å². The molecule has 1 amide bonds. The van der Waals surface area contributed by atoms with E-state index >= 15 is 0 Å². The van der Waals surface area contributed by atoms with Crippen molar-refractivity contribution in [2.75, 3.05) is 39.4 Å². The van der Waals surface area contributed by atoms with Gasteiger partial charge in [0, 0.05) is 19.6 Å². The fourth-order valence-corrected chi connectivity index (χ4v) is 1.71. The van der Waals surface area contributed by atoms with Crippen LogP contribution < -0.4 is 11.1 Å². The van der Waals surface area contributed by atoms with Crippen LogP contribution in [-0.4, -0.2) is 67.3 Å². The molecule has 0 spiro atoms. The Hall–Kier alpha value is -1.18. The Labute approximate surface area is 106 Å². The maximum atomic E-state index is 11.3. The van der Waals surface area contributed by atoms with E-state index in [0.29, 0.717) is 6.54 Å². The predicted molar refractivity (Wildman–Crippen MR) is 65.1 cm³/mol. The summed E-state index contributed by atoms with van der Waals surface area (Å²) in [4.78, 5) is 24.0. The van der Waals surface area contributed by atoms with Gasteiger partial charge < -0.3 is 20.9 Å². The number of carbonyl (C=O) groups is 2. The SMILES string of the molecule is NC(CC(=O)NCCCN1CCOCC1)C(=O)O. The maximum absolute atomic E-state index is 11.3. The second-order valence-corrected chi connectivity index (χ2v) is 4.31. The predicted octanol–water partition coefficient (Wildman–Crippen LogP) is -1.37. The zero-order chi connectivity index (χ0) is 13.4. The monoisotopic (exact) mass is 259 g/mol. The van der Waals surface area contributed by atoms with Crippen LogP contribution in [0, 0.1) is 0 Å². The topological polar surface area (TPSA) is 105 Å². The normalized spacial score (nSPS) is 18.3. The minimum atomic E-state index is -1.15. The number of hydrogen-bond donors (Lipinski definition) is 3. The molecular formula is C11H21N3O4. The molecule has 0 radical (unpaired) electrons. The lowest BCUT2D eigenvalue weighted by Crippen LogP contribution is -2.39. The van der Waals surface area contributed by atoms with Crippen LogP contribution in [0.3, 0.4) is 0 Å². The van der Waals surface area contributed by atoms with E-state index in [0.717, 1.165) is 39.3 Å². The van der Waals surface area contributed by atoms with Gasteiger partial charge in [-0.1, -0.05) is 0 Å². The van der Waals surface area contributed by atoms with Crippen LogP contribution in [-0.2, 0) is 14.3 Å². The third-order valence-corrected chi connectivity index (χ3v) is 2.80. The van der Waals surface area contributed by atoms with Crippen LogP contribution in [0.2, 0.25) is 0 Å². The van der Waals surface area contributed by atoms with E-state index < -0.39 is 12.0 Å². The van der Waals surface area contributed by atoms with Gasteiger partial charge in [0.2, 0.25) is 5.91 Å². The van der Waals surface area contributed by atoms with Crippen molar-refractivity contribution < 1.29 is 19.4 Å². The van der Waals surface area contributed by atoms with Gasteiger partial charge in [0.25, 0.3) is 0 Å². The van der Waals surface area contributed by atoms with Crippen LogP contribution in [0.4, 0.5) is 0 Å². The molecule has 18 heavy (non-hydrogen) atoms. The Balaban J connectivity index is 2.03. The van der Waals surface area contributed by atoms with Gasteiger partial charge >= 0.3 is 5.97 Å². The summed E-state index contributed by atoms with van der Waals surface area (Å²) in [5, 5.41) is 11.2. The number of carboxylic acid groups (broad SMARTS) is 1. The molecule has 1 saturated heterocycles. The van der Waals surface area contributed by atoms with Crippen LogP contribution >= 0.6 is 0 Å². The van der Waals surface area contributed by atoms with Crippen LogP contribution in [0.25, 0.3) is 0 Å². The minimum absolute atomic E-state index is 0.174. The second-order valence-electron chi connectivity index (χ2n) is 4.31. The number of nitrogens with two attached hydrogens (primary N) is 1. The quantitative estimate of drug-likeness (QED) is 0.487. The van der Waals surface area contributed by atoms with Crippen molar-refractivity contribution in [2.45, 2.75) is 18.9 Å². The first kappa shape index (κ1) is 14.9. The van der Waals surface area contributed by atoms with Crippen LogP contribution in [0.1, 0.15) is 12.8 Å².